The van der Waals surface area contributed by atoms with Gasteiger partial charge in [0.05, 0.1) is 0 Å². The number of aliphatic carboxylic acids is 1. The Hall–Kier alpha value is -1.68. The van der Waals surface area contributed by atoms with Crippen molar-refractivity contribution in [3.63, 3.8) is 0 Å². The largest absolute Gasteiger partial charge is 0.480 e. The molecule has 0 saturated carbocycles. The van der Waals surface area contributed by atoms with E-state index < -0.39 is 17.3 Å². The van der Waals surface area contributed by atoms with Gasteiger partial charge in [-0.3, -0.25) is 4.79 Å². The molecule has 1 aromatic rings. The van der Waals surface area contributed by atoms with E-state index in [0.29, 0.717) is 5.56 Å². The van der Waals surface area contributed by atoms with E-state index in [4.69, 9.17) is 10.8 Å². The third-order valence-electron chi connectivity index (χ3n) is 2.77. The molecule has 1 rings (SSSR count). The van der Waals surface area contributed by atoms with Crippen LogP contribution in [-0.2, 0) is 4.79 Å². The molecule has 0 heterocycles. The Bertz CT molecular complexity index is 450. The summed E-state index contributed by atoms with van der Waals surface area (Å²) in [7, 11) is 0. The molecule has 4 heteroatoms. The fraction of sp³-hybridized carbons (Fsp3) is 0.333. The van der Waals surface area contributed by atoms with Gasteiger partial charge in [0.2, 0.25) is 0 Å². The molecule has 0 aromatic heterocycles. The molecule has 0 amide bonds. The van der Waals surface area contributed by atoms with Gasteiger partial charge in [-0.15, -0.1) is 0 Å². The minimum Gasteiger partial charge on any atom is -0.480 e. The maximum absolute atomic E-state index is 12.0. The number of carboxylic acids is 1. The first-order valence-electron chi connectivity index (χ1n) is 4.91. The lowest BCUT2D eigenvalue weighted by atomic mass is 9.89. The quantitative estimate of drug-likeness (QED) is 0.595. The highest BCUT2D eigenvalue weighted by atomic mass is 16.4. The number of hydrogen-bond acceptors (Lipinski definition) is 3. The molecule has 3 N–H and O–H groups in total. The number of carbonyl (C=O) groups is 2. The summed E-state index contributed by atoms with van der Waals surface area (Å²) in [6, 6.07) is 5.17. The van der Waals surface area contributed by atoms with Crippen molar-refractivity contribution in [2.24, 2.45) is 5.73 Å². The fourth-order valence-corrected chi connectivity index (χ4v) is 1.37. The monoisotopic (exact) mass is 221 g/mol. The van der Waals surface area contributed by atoms with Gasteiger partial charge in [-0.25, -0.2) is 4.79 Å². The number of Topliss-reactive ketones (excluding diaryl/α,β-unsaturated/α-hetero) is 1. The van der Waals surface area contributed by atoms with Gasteiger partial charge in [-0.2, -0.15) is 0 Å². The van der Waals surface area contributed by atoms with E-state index in [-0.39, 0.29) is 0 Å². The second-order valence-electron chi connectivity index (χ2n) is 4.08. The molecule has 16 heavy (non-hydrogen) atoms. The lowest BCUT2D eigenvalue weighted by Crippen LogP contribution is -2.52. The Labute approximate surface area is 94.1 Å². The predicted octanol–water partition coefficient (Wildman–Crippen LogP) is 1.29. The second kappa shape index (κ2) is 4.06. The third-order valence-corrected chi connectivity index (χ3v) is 2.77. The topological polar surface area (TPSA) is 80.4 Å². The highest BCUT2D eigenvalue weighted by Gasteiger charge is 2.38. The molecule has 0 aliphatic carbocycles. The van der Waals surface area contributed by atoms with E-state index in [9.17, 15) is 9.59 Å². The summed E-state index contributed by atoms with van der Waals surface area (Å²) >= 11 is 0. The van der Waals surface area contributed by atoms with Gasteiger partial charge in [0.1, 0.15) is 0 Å². The van der Waals surface area contributed by atoms with Crippen LogP contribution in [0.4, 0.5) is 0 Å². The summed E-state index contributed by atoms with van der Waals surface area (Å²) in [6.45, 7) is 4.85. The average molecular weight is 221 g/mol. The SMILES string of the molecule is Cc1cccc(C(=O)C(C)(N)C(=O)O)c1C. The molecule has 1 unspecified atom stereocenters. The average Bonchev–Trinajstić information content (AvgIpc) is 2.21. The highest BCUT2D eigenvalue weighted by molar-refractivity contribution is 6.16. The molecule has 0 radical (unpaired) electrons. The normalized spacial score (nSPS) is 14.2. The predicted molar refractivity (Wildman–Crippen MR) is 60.5 cm³/mol. The van der Waals surface area contributed by atoms with Crippen LogP contribution in [0.25, 0.3) is 0 Å². The van der Waals surface area contributed by atoms with Crippen LogP contribution in [0, 0.1) is 13.8 Å². The van der Waals surface area contributed by atoms with Gasteiger partial charge in [0.15, 0.2) is 11.3 Å². The minimum atomic E-state index is -1.88. The number of rotatable bonds is 3. The Morgan fingerprint density at radius 1 is 1.31 bits per heavy atom. The molecule has 1 atom stereocenters. The number of benzene rings is 1. The van der Waals surface area contributed by atoms with Crippen LogP contribution in [0.2, 0.25) is 0 Å². The summed E-state index contributed by atoms with van der Waals surface area (Å²) in [4.78, 5) is 22.9. The first kappa shape index (κ1) is 12.4. The van der Waals surface area contributed by atoms with Crippen molar-refractivity contribution in [2.45, 2.75) is 26.3 Å². The number of hydrogen-bond donors (Lipinski definition) is 2. The van der Waals surface area contributed by atoms with Gasteiger partial charge in [-0.1, -0.05) is 18.2 Å². The van der Waals surface area contributed by atoms with Crippen molar-refractivity contribution < 1.29 is 14.7 Å². The van der Waals surface area contributed by atoms with Gasteiger partial charge in [-0.05, 0) is 31.9 Å². The maximum Gasteiger partial charge on any atom is 0.331 e. The molecule has 86 valence electrons. The van der Waals surface area contributed by atoms with Crippen LogP contribution < -0.4 is 5.73 Å². The number of carboxylic acid groups (broad SMARTS) is 1. The standard InChI is InChI=1S/C12H15NO3/c1-7-5-4-6-9(8(7)2)10(14)12(3,13)11(15)16/h4-6H,13H2,1-3H3,(H,15,16). The first-order valence-corrected chi connectivity index (χ1v) is 4.91. The van der Waals surface area contributed by atoms with Crippen molar-refractivity contribution in [2.75, 3.05) is 0 Å². The number of nitrogens with two attached hydrogens (primary N) is 1. The van der Waals surface area contributed by atoms with E-state index in [0.717, 1.165) is 11.1 Å². The number of aryl methyl sites for hydroxylation is 1. The molecule has 0 spiro atoms. The molecule has 0 fully saturated rings. The Kier molecular flexibility index (Phi) is 3.14. The molecule has 0 saturated heterocycles. The van der Waals surface area contributed by atoms with Crippen LogP contribution in [0.15, 0.2) is 18.2 Å². The summed E-state index contributed by atoms with van der Waals surface area (Å²) < 4.78 is 0. The van der Waals surface area contributed by atoms with Crippen LogP contribution in [0.3, 0.4) is 0 Å². The van der Waals surface area contributed by atoms with Gasteiger partial charge in [0.25, 0.3) is 0 Å². The molecule has 4 nitrogen and oxygen atoms in total. The van der Waals surface area contributed by atoms with E-state index in [1.165, 1.54) is 6.92 Å². The number of carbonyl (C=O) groups excluding carboxylic acids is 1. The maximum atomic E-state index is 12.0. The molecule has 1 aromatic carbocycles. The van der Waals surface area contributed by atoms with Crippen LogP contribution in [0.1, 0.15) is 28.4 Å². The highest BCUT2D eigenvalue weighted by Crippen LogP contribution is 2.18. The van der Waals surface area contributed by atoms with Crippen molar-refractivity contribution in [3.8, 4) is 0 Å². The molecule has 0 aliphatic heterocycles. The van der Waals surface area contributed by atoms with Crippen molar-refractivity contribution in [1.82, 2.24) is 0 Å². The van der Waals surface area contributed by atoms with E-state index in [1.807, 2.05) is 13.0 Å². The summed E-state index contributed by atoms with van der Waals surface area (Å²) in [5.74, 6) is -1.89. The zero-order chi connectivity index (χ0) is 12.5. The van der Waals surface area contributed by atoms with Gasteiger partial charge in [0, 0.05) is 5.56 Å². The Morgan fingerprint density at radius 3 is 2.38 bits per heavy atom. The third kappa shape index (κ3) is 1.97. The number of ketones is 1. The first-order chi connectivity index (χ1) is 7.28. The lowest BCUT2D eigenvalue weighted by molar-refractivity contribution is -0.140. The Balaban J connectivity index is 3.26. The minimum absolute atomic E-state index is 0.368. The fourth-order valence-electron chi connectivity index (χ4n) is 1.37. The summed E-state index contributed by atoms with van der Waals surface area (Å²) in [5, 5.41) is 8.89. The molecule has 0 aliphatic rings. The summed E-state index contributed by atoms with van der Waals surface area (Å²) in [6.07, 6.45) is 0. The zero-order valence-electron chi connectivity index (χ0n) is 9.57. The van der Waals surface area contributed by atoms with Gasteiger partial charge >= 0.3 is 5.97 Å². The van der Waals surface area contributed by atoms with Crippen LogP contribution in [-0.4, -0.2) is 22.4 Å². The van der Waals surface area contributed by atoms with E-state index in [2.05, 4.69) is 0 Å². The van der Waals surface area contributed by atoms with Crippen molar-refractivity contribution >= 4 is 11.8 Å². The lowest BCUT2D eigenvalue weighted by Gasteiger charge is -2.19. The van der Waals surface area contributed by atoms with Crippen LogP contribution in [0.5, 0.6) is 0 Å². The smallest absolute Gasteiger partial charge is 0.331 e. The molecular weight excluding hydrogens is 206 g/mol. The van der Waals surface area contributed by atoms with Crippen molar-refractivity contribution in [3.05, 3.63) is 34.9 Å². The van der Waals surface area contributed by atoms with Crippen molar-refractivity contribution in [1.29, 1.82) is 0 Å². The Morgan fingerprint density at radius 2 is 1.88 bits per heavy atom. The van der Waals surface area contributed by atoms with E-state index in [1.54, 1.807) is 19.1 Å². The van der Waals surface area contributed by atoms with E-state index >= 15 is 0 Å². The summed E-state index contributed by atoms with van der Waals surface area (Å²) in [5.41, 5.74) is 5.70. The molecule has 0 bridgehead atoms. The zero-order valence-corrected chi connectivity index (χ0v) is 9.57. The second-order valence-corrected chi connectivity index (χ2v) is 4.08. The van der Waals surface area contributed by atoms with Gasteiger partial charge < -0.3 is 10.8 Å². The molecular formula is C12H15NO3. The van der Waals surface area contributed by atoms with Crippen LogP contribution >= 0.6 is 0 Å².